The van der Waals surface area contributed by atoms with Crippen LogP contribution in [0.5, 0.6) is 5.88 Å². The number of anilines is 1. The Kier molecular flexibility index (Phi) is 3.89. The summed E-state index contributed by atoms with van der Waals surface area (Å²) in [6.07, 6.45) is 3.21. The molecule has 0 aliphatic heterocycles. The molecule has 0 aliphatic rings. The van der Waals surface area contributed by atoms with Crippen molar-refractivity contribution in [3.63, 3.8) is 0 Å². The van der Waals surface area contributed by atoms with Gasteiger partial charge in [0.1, 0.15) is 5.69 Å². The van der Waals surface area contributed by atoms with Crippen molar-refractivity contribution in [1.82, 2.24) is 20.2 Å². The number of ether oxygens (including phenoxy) is 1. The fourth-order valence-corrected chi connectivity index (χ4v) is 1.80. The highest BCUT2D eigenvalue weighted by molar-refractivity contribution is 5.66. The van der Waals surface area contributed by atoms with E-state index < -0.39 is 0 Å². The summed E-state index contributed by atoms with van der Waals surface area (Å²) in [5, 5.41) is 11.6. The van der Waals surface area contributed by atoms with Gasteiger partial charge in [-0.05, 0) is 31.9 Å². The predicted molar refractivity (Wildman–Crippen MR) is 73.2 cm³/mol. The van der Waals surface area contributed by atoms with Crippen molar-refractivity contribution < 1.29 is 4.74 Å². The molecule has 6 heteroatoms. The summed E-state index contributed by atoms with van der Waals surface area (Å²) >= 11 is 0. The maximum atomic E-state index is 5.22. The monoisotopic (exact) mass is 259 g/mol. The van der Waals surface area contributed by atoms with Gasteiger partial charge in [-0.15, -0.1) is 10.2 Å². The van der Waals surface area contributed by atoms with E-state index in [0.717, 1.165) is 23.5 Å². The van der Waals surface area contributed by atoms with Gasteiger partial charge in [0.25, 0.3) is 0 Å². The third kappa shape index (κ3) is 2.47. The molecule has 0 bridgehead atoms. The number of nitrogens with zero attached hydrogens (tertiary/aromatic N) is 4. The molecule has 0 radical (unpaired) electrons. The van der Waals surface area contributed by atoms with Crippen LogP contribution in [-0.4, -0.2) is 33.8 Å². The maximum absolute atomic E-state index is 5.22. The van der Waals surface area contributed by atoms with E-state index in [9.17, 15) is 0 Å². The van der Waals surface area contributed by atoms with E-state index in [0.29, 0.717) is 17.3 Å². The zero-order chi connectivity index (χ0) is 13.8. The second-order valence-electron chi connectivity index (χ2n) is 4.09. The Labute approximate surface area is 112 Å². The minimum Gasteiger partial charge on any atom is -0.479 e. The molecule has 2 heterocycles. The molecule has 0 saturated heterocycles. The first-order valence-electron chi connectivity index (χ1n) is 6.12. The van der Waals surface area contributed by atoms with E-state index in [-0.39, 0.29) is 0 Å². The number of methoxy groups -OCH3 is 1. The molecule has 19 heavy (non-hydrogen) atoms. The summed E-state index contributed by atoms with van der Waals surface area (Å²) in [6, 6.07) is 0. The maximum Gasteiger partial charge on any atom is 0.242 e. The third-order valence-electron chi connectivity index (χ3n) is 2.95. The van der Waals surface area contributed by atoms with Crippen LogP contribution in [0.2, 0.25) is 0 Å². The van der Waals surface area contributed by atoms with E-state index >= 15 is 0 Å². The van der Waals surface area contributed by atoms with E-state index in [4.69, 9.17) is 4.74 Å². The highest BCUT2D eigenvalue weighted by Gasteiger charge is 2.16. The van der Waals surface area contributed by atoms with Crippen LogP contribution in [0.3, 0.4) is 0 Å². The molecule has 6 nitrogen and oxygen atoms in total. The van der Waals surface area contributed by atoms with Gasteiger partial charge in [0, 0.05) is 18.9 Å². The molecule has 0 amide bonds. The van der Waals surface area contributed by atoms with Gasteiger partial charge in [-0.2, -0.15) is 0 Å². The summed E-state index contributed by atoms with van der Waals surface area (Å²) < 4.78 is 5.22. The van der Waals surface area contributed by atoms with Gasteiger partial charge in [0.2, 0.25) is 5.88 Å². The molecular formula is C13H17N5O. The van der Waals surface area contributed by atoms with E-state index in [1.54, 1.807) is 19.5 Å². The third-order valence-corrected chi connectivity index (χ3v) is 2.95. The Morgan fingerprint density at radius 1 is 1.05 bits per heavy atom. The fraction of sp³-hybridized carbons (Fsp3) is 0.385. The van der Waals surface area contributed by atoms with E-state index in [1.807, 2.05) is 20.8 Å². The summed E-state index contributed by atoms with van der Waals surface area (Å²) in [5.74, 6) is 1.25. The van der Waals surface area contributed by atoms with Gasteiger partial charge < -0.3 is 10.1 Å². The molecule has 0 fully saturated rings. The molecule has 0 spiro atoms. The van der Waals surface area contributed by atoms with Gasteiger partial charge >= 0.3 is 0 Å². The van der Waals surface area contributed by atoms with Crippen LogP contribution < -0.4 is 10.1 Å². The fourth-order valence-electron chi connectivity index (χ4n) is 1.80. The molecule has 100 valence electrons. The minimum absolute atomic E-state index is 0.454. The lowest BCUT2D eigenvalue weighted by Crippen LogP contribution is -2.07. The number of rotatable bonds is 4. The lowest BCUT2D eigenvalue weighted by Gasteiger charge is -2.12. The number of hydrogen-bond donors (Lipinski definition) is 1. The predicted octanol–water partition coefficient (Wildman–Crippen LogP) is 1.99. The van der Waals surface area contributed by atoms with Gasteiger partial charge in [-0.3, -0.25) is 0 Å². The van der Waals surface area contributed by atoms with Crippen LogP contribution in [0.25, 0.3) is 11.4 Å². The zero-order valence-electron chi connectivity index (χ0n) is 11.6. The topological polar surface area (TPSA) is 72.8 Å². The summed E-state index contributed by atoms with van der Waals surface area (Å²) in [4.78, 5) is 8.42. The van der Waals surface area contributed by atoms with Crippen LogP contribution in [0.15, 0.2) is 12.4 Å². The molecule has 0 unspecified atom stereocenters. The van der Waals surface area contributed by atoms with Crippen molar-refractivity contribution in [2.45, 2.75) is 20.8 Å². The Bertz CT molecular complexity index is 585. The Morgan fingerprint density at radius 2 is 1.79 bits per heavy atom. The SMILES string of the molecule is CCNc1nnc(-c2nccnc2OC)c(C)c1C. The standard InChI is InChI=1S/C13H17N5O/c1-5-14-12-9(3)8(2)10(17-18-12)11-13(19-4)16-7-6-15-11/h6-7H,5H2,1-4H3,(H,14,18). The van der Waals surface area contributed by atoms with Crippen molar-refractivity contribution in [3.05, 3.63) is 23.5 Å². The number of aromatic nitrogens is 4. The first-order valence-corrected chi connectivity index (χ1v) is 6.12. The van der Waals surface area contributed by atoms with Crippen molar-refractivity contribution >= 4 is 5.82 Å². The van der Waals surface area contributed by atoms with Gasteiger partial charge in [0.05, 0.1) is 7.11 Å². The normalized spacial score (nSPS) is 10.3. The molecule has 0 aliphatic carbocycles. The quantitative estimate of drug-likeness (QED) is 0.905. The molecular weight excluding hydrogens is 242 g/mol. The molecule has 2 aromatic rings. The van der Waals surface area contributed by atoms with Crippen molar-refractivity contribution in [2.24, 2.45) is 0 Å². The van der Waals surface area contributed by atoms with Crippen LogP contribution in [0, 0.1) is 13.8 Å². The summed E-state index contributed by atoms with van der Waals surface area (Å²) in [6.45, 7) is 6.83. The summed E-state index contributed by atoms with van der Waals surface area (Å²) in [5.41, 5.74) is 3.38. The zero-order valence-corrected chi connectivity index (χ0v) is 11.6. The Balaban J connectivity index is 2.54. The smallest absolute Gasteiger partial charge is 0.242 e. The number of nitrogens with one attached hydrogen (secondary N) is 1. The van der Waals surface area contributed by atoms with Gasteiger partial charge in [-0.25, -0.2) is 9.97 Å². The molecule has 2 rings (SSSR count). The second kappa shape index (κ2) is 5.60. The van der Waals surface area contributed by atoms with Crippen LogP contribution in [-0.2, 0) is 0 Å². The van der Waals surface area contributed by atoms with Crippen molar-refractivity contribution in [3.8, 4) is 17.3 Å². The van der Waals surface area contributed by atoms with Crippen LogP contribution >= 0.6 is 0 Å². The average Bonchev–Trinajstić information content (AvgIpc) is 2.44. The lowest BCUT2D eigenvalue weighted by atomic mass is 10.1. The molecule has 0 saturated carbocycles. The van der Waals surface area contributed by atoms with Gasteiger partial charge in [0.15, 0.2) is 11.5 Å². The van der Waals surface area contributed by atoms with Crippen molar-refractivity contribution in [2.75, 3.05) is 19.0 Å². The van der Waals surface area contributed by atoms with E-state index in [1.165, 1.54) is 0 Å². The van der Waals surface area contributed by atoms with Crippen LogP contribution in [0.4, 0.5) is 5.82 Å². The minimum atomic E-state index is 0.454. The molecule has 0 atom stereocenters. The molecule has 1 N–H and O–H groups in total. The Hall–Kier alpha value is -2.24. The van der Waals surface area contributed by atoms with Gasteiger partial charge in [-0.1, -0.05) is 0 Å². The highest BCUT2D eigenvalue weighted by Crippen LogP contribution is 2.29. The van der Waals surface area contributed by atoms with Crippen LogP contribution in [0.1, 0.15) is 18.1 Å². The Morgan fingerprint density at radius 3 is 2.47 bits per heavy atom. The highest BCUT2D eigenvalue weighted by atomic mass is 16.5. The molecule has 2 aromatic heterocycles. The molecule has 0 aromatic carbocycles. The second-order valence-corrected chi connectivity index (χ2v) is 4.09. The first-order chi connectivity index (χ1) is 9.19. The number of hydrogen-bond acceptors (Lipinski definition) is 6. The van der Waals surface area contributed by atoms with E-state index in [2.05, 4.69) is 25.5 Å². The first kappa shape index (κ1) is 13.2. The van der Waals surface area contributed by atoms with Crippen molar-refractivity contribution in [1.29, 1.82) is 0 Å². The lowest BCUT2D eigenvalue weighted by molar-refractivity contribution is 0.397. The largest absolute Gasteiger partial charge is 0.479 e. The summed E-state index contributed by atoms with van der Waals surface area (Å²) in [7, 11) is 1.57. The average molecular weight is 259 g/mol.